The van der Waals surface area contributed by atoms with Crippen LogP contribution in [0.4, 0.5) is 5.69 Å². The second kappa shape index (κ2) is 8.60. The number of anilines is 1. The molecule has 43 heavy (non-hydrogen) atoms. The minimum atomic E-state index is -0.277. The second-order valence-corrected chi connectivity index (χ2v) is 12.4. The molecule has 1 unspecified atom stereocenters. The Morgan fingerprint density at radius 2 is 1.28 bits per heavy atom. The van der Waals surface area contributed by atoms with Crippen LogP contribution in [0, 0.1) is 0 Å². The maximum absolute atomic E-state index is 6.63. The summed E-state index contributed by atoms with van der Waals surface area (Å²) in [6.45, 7) is 0. The van der Waals surface area contributed by atoms with Crippen molar-refractivity contribution in [2.24, 2.45) is 0 Å². The monoisotopic (exact) mass is 568 g/mol. The highest BCUT2D eigenvalue weighted by Crippen LogP contribution is 2.49. The van der Waals surface area contributed by atoms with E-state index in [4.69, 9.17) is 4.74 Å². The van der Waals surface area contributed by atoms with E-state index in [1.54, 1.807) is 0 Å². The van der Waals surface area contributed by atoms with Gasteiger partial charge in [-0.2, -0.15) is 0 Å². The molecule has 1 atom stereocenters. The topological polar surface area (TPSA) is 26.2 Å². The van der Waals surface area contributed by atoms with Gasteiger partial charge in [0.25, 0.3) is 0 Å². The van der Waals surface area contributed by atoms with Crippen LogP contribution in [0.2, 0.25) is 0 Å². The summed E-state index contributed by atoms with van der Waals surface area (Å²) in [5, 5.41) is 13.7. The fourth-order valence-corrected chi connectivity index (χ4v) is 8.23. The van der Waals surface area contributed by atoms with E-state index >= 15 is 0 Å². The van der Waals surface area contributed by atoms with Gasteiger partial charge >= 0.3 is 0 Å². The van der Waals surface area contributed by atoms with Crippen molar-refractivity contribution in [1.82, 2.24) is 4.57 Å². The molecule has 0 aliphatic carbocycles. The molecule has 7 aromatic carbocycles. The van der Waals surface area contributed by atoms with Gasteiger partial charge in [-0.3, -0.25) is 0 Å². The van der Waals surface area contributed by atoms with Crippen molar-refractivity contribution in [3.05, 3.63) is 139 Å². The Kier molecular flexibility index (Phi) is 4.65. The Morgan fingerprint density at radius 1 is 0.558 bits per heavy atom. The smallest absolute Gasteiger partial charge is 0.197 e. The van der Waals surface area contributed by atoms with Gasteiger partial charge in [-0.15, -0.1) is 11.3 Å². The number of hydrogen-bond donors (Lipinski definition) is 1. The van der Waals surface area contributed by atoms with E-state index in [-0.39, 0.29) is 6.23 Å². The molecular weight excluding hydrogens is 545 g/mol. The lowest BCUT2D eigenvalue weighted by Crippen LogP contribution is -2.11. The summed E-state index contributed by atoms with van der Waals surface area (Å²) >= 11 is 1.83. The summed E-state index contributed by atoms with van der Waals surface area (Å²) in [5.74, 6) is 0.906. The molecule has 0 radical (unpaired) electrons. The number of aromatic nitrogens is 1. The fraction of sp³-hybridized carbons (Fsp3) is 0.0256. The van der Waals surface area contributed by atoms with E-state index in [2.05, 4.69) is 143 Å². The number of benzene rings is 7. The molecule has 0 amide bonds. The molecule has 0 spiro atoms. The van der Waals surface area contributed by atoms with Gasteiger partial charge in [-0.25, -0.2) is 0 Å². The van der Waals surface area contributed by atoms with Crippen LogP contribution in [0.25, 0.3) is 69.2 Å². The van der Waals surface area contributed by atoms with Gasteiger partial charge in [-0.1, -0.05) is 91.0 Å². The van der Waals surface area contributed by atoms with Gasteiger partial charge in [0.2, 0.25) is 0 Å². The first-order chi connectivity index (χ1) is 21.3. The van der Waals surface area contributed by atoms with E-state index in [1.807, 2.05) is 11.3 Å². The van der Waals surface area contributed by atoms with E-state index in [9.17, 15) is 0 Å². The summed E-state index contributed by atoms with van der Waals surface area (Å²) in [7, 11) is 0. The highest BCUT2D eigenvalue weighted by atomic mass is 32.1. The summed E-state index contributed by atoms with van der Waals surface area (Å²) in [6.07, 6.45) is -0.277. The van der Waals surface area contributed by atoms with Crippen molar-refractivity contribution in [2.45, 2.75) is 6.23 Å². The van der Waals surface area contributed by atoms with Crippen LogP contribution in [0.1, 0.15) is 11.8 Å². The van der Waals surface area contributed by atoms with Crippen LogP contribution in [0.5, 0.6) is 5.75 Å². The minimum Gasteiger partial charge on any atom is -0.464 e. The van der Waals surface area contributed by atoms with Crippen molar-refractivity contribution in [2.75, 3.05) is 5.32 Å². The third-order valence-electron chi connectivity index (χ3n) is 9.02. The van der Waals surface area contributed by atoms with Gasteiger partial charge in [0.1, 0.15) is 5.75 Å². The number of ether oxygens (including phenoxy) is 1. The van der Waals surface area contributed by atoms with Crippen LogP contribution in [-0.4, -0.2) is 4.57 Å². The molecule has 3 heterocycles. The molecule has 1 N–H and O–H groups in total. The predicted octanol–water partition coefficient (Wildman–Crippen LogP) is 11.0. The molecule has 0 fully saturated rings. The quantitative estimate of drug-likeness (QED) is 0.224. The molecule has 10 rings (SSSR count). The zero-order valence-corrected chi connectivity index (χ0v) is 23.9. The van der Waals surface area contributed by atoms with Crippen molar-refractivity contribution < 1.29 is 4.74 Å². The first kappa shape index (κ1) is 23.3. The molecule has 202 valence electrons. The van der Waals surface area contributed by atoms with E-state index < -0.39 is 0 Å². The largest absolute Gasteiger partial charge is 0.464 e. The van der Waals surface area contributed by atoms with Crippen molar-refractivity contribution in [3.8, 4) is 11.4 Å². The maximum atomic E-state index is 6.63. The molecule has 9 aromatic rings. The SMILES string of the molecule is c1ccc2cc3c(cc2c1)c1ccccc1n3-c1ccc(C2Nc3c(ccc4sc5ccccc5c34)O2)c2ccccc12. The zero-order valence-electron chi connectivity index (χ0n) is 23.0. The van der Waals surface area contributed by atoms with Gasteiger partial charge in [0.15, 0.2) is 6.23 Å². The number of thiophene rings is 1. The average Bonchev–Trinajstić information content (AvgIpc) is 3.75. The van der Waals surface area contributed by atoms with Gasteiger partial charge in [0, 0.05) is 41.9 Å². The summed E-state index contributed by atoms with van der Waals surface area (Å²) in [4.78, 5) is 0. The molecule has 1 aliphatic heterocycles. The fourth-order valence-electron chi connectivity index (χ4n) is 7.11. The molecule has 2 aromatic heterocycles. The van der Waals surface area contributed by atoms with Crippen molar-refractivity contribution in [1.29, 1.82) is 0 Å². The third kappa shape index (κ3) is 3.24. The molecule has 3 nitrogen and oxygen atoms in total. The molecule has 4 heteroatoms. The lowest BCUT2D eigenvalue weighted by Gasteiger charge is -2.18. The standard InChI is InChI=1S/C39H24N2OS/c1-2-10-24-22-33-30(21-23(24)9-1)27-13-5-7-15-31(27)41(33)32-18-17-28(25-11-3-4-12-26(25)32)39-40-38-34(42-39)19-20-36-37(38)29-14-6-8-16-35(29)43-36/h1-22,39-40H. The van der Waals surface area contributed by atoms with Crippen molar-refractivity contribution in [3.63, 3.8) is 0 Å². The van der Waals surface area contributed by atoms with E-state index in [0.29, 0.717) is 0 Å². The molecule has 1 aliphatic rings. The van der Waals surface area contributed by atoms with Gasteiger partial charge < -0.3 is 14.6 Å². The van der Waals surface area contributed by atoms with Crippen LogP contribution in [0.15, 0.2) is 133 Å². The minimum absolute atomic E-state index is 0.277. The number of para-hydroxylation sites is 1. The molecule has 0 bridgehead atoms. The van der Waals surface area contributed by atoms with Crippen LogP contribution < -0.4 is 10.1 Å². The number of rotatable bonds is 2. The second-order valence-electron chi connectivity index (χ2n) is 11.3. The van der Waals surface area contributed by atoms with Crippen LogP contribution >= 0.6 is 11.3 Å². The summed E-state index contributed by atoms with van der Waals surface area (Å²) < 4.78 is 11.6. The number of hydrogen-bond acceptors (Lipinski definition) is 3. The lowest BCUT2D eigenvalue weighted by molar-refractivity contribution is 0.261. The number of nitrogens with one attached hydrogen (secondary N) is 1. The van der Waals surface area contributed by atoms with Crippen LogP contribution in [0.3, 0.4) is 0 Å². The van der Waals surface area contributed by atoms with Gasteiger partial charge in [-0.05, 0) is 58.6 Å². The molecule has 0 saturated carbocycles. The lowest BCUT2D eigenvalue weighted by atomic mass is 10.0. The highest BCUT2D eigenvalue weighted by molar-refractivity contribution is 7.26. The van der Waals surface area contributed by atoms with E-state index in [0.717, 1.165) is 17.0 Å². The van der Waals surface area contributed by atoms with Gasteiger partial charge in [0.05, 0.1) is 22.4 Å². The maximum Gasteiger partial charge on any atom is 0.197 e. The average molecular weight is 569 g/mol. The first-order valence-corrected chi connectivity index (χ1v) is 15.4. The Balaban J connectivity index is 1.18. The number of nitrogens with zero attached hydrogens (tertiary/aromatic N) is 1. The normalized spacial score (nSPS) is 14.7. The van der Waals surface area contributed by atoms with E-state index in [1.165, 1.54) is 69.2 Å². The predicted molar refractivity (Wildman–Crippen MR) is 182 cm³/mol. The zero-order chi connectivity index (χ0) is 28.1. The Labute approximate surface area is 251 Å². The molecular formula is C39H24N2OS. The highest BCUT2D eigenvalue weighted by Gasteiger charge is 2.28. The number of fused-ring (bicyclic) bond motifs is 10. The Bertz CT molecular complexity index is 2590. The van der Waals surface area contributed by atoms with Crippen LogP contribution in [-0.2, 0) is 0 Å². The Morgan fingerprint density at radius 3 is 2.16 bits per heavy atom. The first-order valence-electron chi connectivity index (χ1n) is 14.6. The summed E-state index contributed by atoms with van der Waals surface area (Å²) in [6, 6.07) is 48.2. The molecule has 0 saturated heterocycles. The van der Waals surface area contributed by atoms with Crippen molar-refractivity contribution >= 4 is 80.5 Å². The Hall–Kier alpha value is -5.32. The third-order valence-corrected chi connectivity index (χ3v) is 10.2. The summed E-state index contributed by atoms with van der Waals surface area (Å²) in [5.41, 5.74) is 5.81.